The van der Waals surface area contributed by atoms with Crippen LogP contribution < -0.4 is 5.32 Å². The van der Waals surface area contributed by atoms with Gasteiger partial charge in [-0.3, -0.25) is 4.98 Å². The Morgan fingerprint density at radius 2 is 2.12 bits per heavy atom. The molecule has 2 aromatic heterocycles. The molecule has 0 unspecified atom stereocenters. The van der Waals surface area contributed by atoms with Gasteiger partial charge in [-0.15, -0.1) is 0 Å². The summed E-state index contributed by atoms with van der Waals surface area (Å²) >= 11 is 5.76. The molecule has 2 saturated heterocycles. The second-order valence-corrected chi connectivity index (χ2v) is 8.46. The minimum absolute atomic E-state index is 0.120. The standard InChI is InChI=1S/C24H24N4O3S/c29-23(30)16-6-3-7-17(14-16)27-12-4-10-20(27)22-21(19-9-1-2-11-25-19)26-24(32)28(22)15-18-8-5-13-31-18/h1-4,6-7,9-12,14,18,21-22H,5,8,13,15H2,(H,26,32)(H,29,30)/t18-,21+,22+/m0/s1. The minimum Gasteiger partial charge on any atom is -0.478 e. The first-order chi connectivity index (χ1) is 15.6. The van der Waals surface area contributed by atoms with Gasteiger partial charge in [0.15, 0.2) is 5.11 Å². The Labute approximate surface area is 191 Å². The van der Waals surface area contributed by atoms with Gasteiger partial charge in [0.05, 0.1) is 29.4 Å². The Morgan fingerprint density at radius 3 is 2.88 bits per heavy atom. The molecule has 0 spiro atoms. The van der Waals surface area contributed by atoms with Gasteiger partial charge < -0.3 is 24.6 Å². The molecule has 3 atom stereocenters. The van der Waals surface area contributed by atoms with E-state index >= 15 is 0 Å². The quantitative estimate of drug-likeness (QED) is 0.557. The molecule has 0 bridgehead atoms. The molecule has 2 aliphatic heterocycles. The molecule has 32 heavy (non-hydrogen) atoms. The summed E-state index contributed by atoms with van der Waals surface area (Å²) in [4.78, 5) is 18.3. The highest BCUT2D eigenvalue weighted by Crippen LogP contribution is 2.40. The summed E-state index contributed by atoms with van der Waals surface area (Å²) in [6.07, 6.45) is 5.96. The van der Waals surface area contributed by atoms with Crippen LogP contribution in [0.2, 0.25) is 0 Å². The number of aromatic carboxylic acids is 1. The van der Waals surface area contributed by atoms with Crippen LogP contribution in [0.1, 0.15) is 46.7 Å². The minimum atomic E-state index is -0.948. The number of aromatic nitrogens is 2. The number of pyridine rings is 1. The van der Waals surface area contributed by atoms with Crippen molar-refractivity contribution in [1.82, 2.24) is 19.8 Å². The number of carboxylic acids is 1. The van der Waals surface area contributed by atoms with E-state index in [1.54, 1.807) is 24.4 Å². The second kappa shape index (κ2) is 8.72. The highest BCUT2D eigenvalue weighted by atomic mass is 32.1. The third-order valence-corrected chi connectivity index (χ3v) is 6.43. The zero-order chi connectivity index (χ0) is 22.1. The van der Waals surface area contributed by atoms with Crippen LogP contribution in [0.15, 0.2) is 67.0 Å². The number of carboxylic acid groups (broad SMARTS) is 1. The molecule has 164 valence electrons. The van der Waals surface area contributed by atoms with E-state index in [1.165, 1.54) is 0 Å². The number of rotatable bonds is 6. The fraction of sp³-hybridized carbons (Fsp3) is 0.292. The molecule has 2 fully saturated rings. The summed E-state index contributed by atoms with van der Waals surface area (Å²) in [6.45, 7) is 1.48. The van der Waals surface area contributed by atoms with Gasteiger partial charge in [0.25, 0.3) is 0 Å². The Bertz CT molecular complexity index is 1130. The molecule has 0 aliphatic carbocycles. The summed E-state index contributed by atoms with van der Waals surface area (Å²) < 4.78 is 7.94. The lowest BCUT2D eigenvalue weighted by molar-refractivity contribution is 0.0696. The lowest BCUT2D eigenvalue weighted by Crippen LogP contribution is -2.36. The highest BCUT2D eigenvalue weighted by molar-refractivity contribution is 7.80. The molecule has 7 nitrogen and oxygen atoms in total. The van der Waals surface area contributed by atoms with Crippen molar-refractivity contribution < 1.29 is 14.6 Å². The maximum atomic E-state index is 11.5. The maximum absolute atomic E-state index is 11.5. The maximum Gasteiger partial charge on any atom is 0.335 e. The van der Waals surface area contributed by atoms with Crippen molar-refractivity contribution in [2.24, 2.45) is 0 Å². The molecule has 0 radical (unpaired) electrons. The number of thiocarbonyl (C=S) groups is 1. The average Bonchev–Trinajstić information content (AvgIpc) is 3.56. The molecule has 5 rings (SSSR count). The first-order valence-electron chi connectivity index (χ1n) is 10.7. The van der Waals surface area contributed by atoms with Crippen molar-refractivity contribution in [2.45, 2.75) is 31.0 Å². The first-order valence-corrected chi connectivity index (χ1v) is 11.1. The zero-order valence-corrected chi connectivity index (χ0v) is 18.2. The van der Waals surface area contributed by atoms with E-state index in [-0.39, 0.29) is 23.8 Å². The monoisotopic (exact) mass is 448 g/mol. The Hall–Kier alpha value is -3.23. The molecular formula is C24H24N4O3S. The number of hydrogen-bond donors (Lipinski definition) is 2. The second-order valence-electron chi connectivity index (χ2n) is 8.07. The van der Waals surface area contributed by atoms with Crippen molar-refractivity contribution in [3.05, 3.63) is 83.9 Å². The average molecular weight is 449 g/mol. The van der Waals surface area contributed by atoms with Gasteiger partial charge in [-0.1, -0.05) is 12.1 Å². The van der Waals surface area contributed by atoms with Gasteiger partial charge in [0.1, 0.15) is 0 Å². The van der Waals surface area contributed by atoms with Crippen molar-refractivity contribution >= 4 is 23.3 Å². The lowest BCUT2D eigenvalue weighted by atomic mass is 10.0. The van der Waals surface area contributed by atoms with Gasteiger partial charge in [0, 0.05) is 36.9 Å². The number of hydrogen-bond acceptors (Lipinski definition) is 4. The van der Waals surface area contributed by atoms with Gasteiger partial charge in [0.2, 0.25) is 0 Å². The number of benzene rings is 1. The van der Waals surface area contributed by atoms with E-state index in [9.17, 15) is 9.90 Å². The third-order valence-electron chi connectivity index (χ3n) is 6.08. The first kappa shape index (κ1) is 20.7. The molecule has 0 saturated carbocycles. The van der Waals surface area contributed by atoms with E-state index in [2.05, 4.69) is 21.3 Å². The van der Waals surface area contributed by atoms with E-state index < -0.39 is 5.97 Å². The zero-order valence-electron chi connectivity index (χ0n) is 17.4. The molecule has 4 heterocycles. The van der Waals surface area contributed by atoms with Crippen molar-refractivity contribution in [3.63, 3.8) is 0 Å². The fourth-order valence-corrected chi connectivity index (χ4v) is 4.91. The van der Waals surface area contributed by atoms with Crippen LogP contribution >= 0.6 is 12.2 Å². The summed E-state index contributed by atoms with van der Waals surface area (Å²) in [5.41, 5.74) is 2.95. The SMILES string of the molecule is O=C(O)c1cccc(-n2cccc2[C@@H]2[C@@H](c3ccccn3)NC(=S)N2C[C@@H]2CCCO2)c1. The smallest absolute Gasteiger partial charge is 0.335 e. The molecular weight excluding hydrogens is 424 g/mol. The van der Waals surface area contributed by atoms with Crippen LogP contribution in [0.5, 0.6) is 0 Å². The number of nitrogens with zero attached hydrogens (tertiary/aromatic N) is 3. The third kappa shape index (κ3) is 3.87. The molecule has 3 aromatic rings. The molecule has 8 heteroatoms. The van der Waals surface area contributed by atoms with Gasteiger partial charge in [-0.2, -0.15) is 0 Å². The van der Waals surface area contributed by atoms with Crippen LogP contribution in [-0.4, -0.2) is 49.9 Å². The summed E-state index contributed by atoms with van der Waals surface area (Å²) in [5, 5.41) is 13.6. The number of nitrogens with one attached hydrogen (secondary N) is 1. The number of carbonyl (C=O) groups is 1. The summed E-state index contributed by atoms with van der Waals surface area (Å²) in [5.74, 6) is -0.948. The normalized spacial score (nSPS) is 22.8. The van der Waals surface area contributed by atoms with Crippen molar-refractivity contribution in [3.8, 4) is 5.69 Å². The van der Waals surface area contributed by atoms with Gasteiger partial charge in [-0.25, -0.2) is 4.79 Å². The van der Waals surface area contributed by atoms with Crippen molar-refractivity contribution in [2.75, 3.05) is 13.2 Å². The molecule has 2 N–H and O–H groups in total. The summed E-state index contributed by atoms with van der Waals surface area (Å²) in [6, 6.07) is 16.6. The number of ether oxygens (including phenoxy) is 1. The predicted octanol–water partition coefficient (Wildman–Crippen LogP) is 3.72. The van der Waals surface area contributed by atoms with Gasteiger partial charge >= 0.3 is 5.97 Å². The van der Waals surface area contributed by atoms with E-state index in [0.717, 1.165) is 36.5 Å². The highest BCUT2D eigenvalue weighted by Gasteiger charge is 2.42. The predicted molar refractivity (Wildman–Crippen MR) is 124 cm³/mol. The molecule has 1 aromatic carbocycles. The van der Waals surface area contributed by atoms with Crippen LogP contribution in [0.25, 0.3) is 5.69 Å². The van der Waals surface area contributed by atoms with Crippen LogP contribution in [0.4, 0.5) is 0 Å². The van der Waals surface area contributed by atoms with Crippen LogP contribution in [0.3, 0.4) is 0 Å². The topological polar surface area (TPSA) is 79.6 Å². The fourth-order valence-electron chi connectivity index (χ4n) is 4.59. The van der Waals surface area contributed by atoms with E-state index in [1.807, 2.05) is 41.1 Å². The van der Waals surface area contributed by atoms with Gasteiger partial charge in [-0.05, 0) is 67.5 Å². The Balaban J connectivity index is 1.57. The van der Waals surface area contributed by atoms with E-state index in [4.69, 9.17) is 17.0 Å². The van der Waals surface area contributed by atoms with Crippen LogP contribution in [-0.2, 0) is 4.74 Å². The van der Waals surface area contributed by atoms with Crippen LogP contribution in [0, 0.1) is 0 Å². The van der Waals surface area contributed by atoms with E-state index in [0.29, 0.717) is 11.7 Å². The Morgan fingerprint density at radius 1 is 1.22 bits per heavy atom. The Kier molecular flexibility index (Phi) is 5.63. The molecule has 2 aliphatic rings. The summed E-state index contributed by atoms with van der Waals surface area (Å²) in [7, 11) is 0. The molecule has 0 amide bonds. The largest absolute Gasteiger partial charge is 0.478 e. The lowest BCUT2D eigenvalue weighted by Gasteiger charge is -2.30. The van der Waals surface area contributed by atoms with Crippen molar-refractivity contribution in [1.29, 1.82) is 0 Å².